The molecule has 2 unspecified atom stereocenters. The van der Waals surface area contributed by atoms with Crippen molar-refractivity contribution in [1.29, 1.82) is 0 Å². The fourth-order valence-electron chi connectivity index (χ4n) is 3.24. The molecule has 0 saturated heterocycles. The van der Waals surface area contributed by atoms with Crippen molar-refractivity contribution in [3.63, 3.8) is 0 Å². The maximum absolute atomic E-state index is 13.9. The van der Waals surface area contributed by atoms with Crippen LogP contribution in [0.4, 0.5) is 13.2 Å². The molecule has 2 atom stereocenters. The van der Waals surface area contributed by atoms with Crippen LogP contribution in [0.25, 0.3) is 0 Å². The molecular formula is C17H13BrF3NO. The number of nitrogens with zero attached hydrogens (tertiary/aromatic N) is 1. The highest BCUT2D eigenvalue weighted by atomic mass is 79.9. The van der Waals surface area contributed by atoms with E-state index in [9.17, 15) is 13.2 Å². The minimum atomic E-state index is -2.72. The van der Waals surface area contributed by atoms with Crippen LogP contribution < -0.4 is 4.74 Å². The molecule has 1 saturated carbocycles. The number of hydrogen-bond donors (Lipinski definition) is 0. The molecule has 0 amide bonds. The molecule has 0 bridgehead atoms. The van der Waals surface area contributed by atoms with Crippen molar-refractivity contribution in [3.8, 4) is 5.88 Å². The van der Waals surface area contributed by atoms with E-state index in [0.717, 1.165) is 18.4 Å². The molecule has 0 N–H and O–H groups in total. The molecule has 2 aromatic rings. The Morgan fingerprint density at radius 1 is 1.30 bits per heavy atom. The predicted molar refractivity (Wildman–Crippen MR) is 82.2 cm³/mol. The third kappa shape index (κ3) is 2.73. The maximum atomic E-state index is 13.9. The summed E-state index contributed by atoms with van der Waals surface area (Å²) in [5.41, 5.74) is 2.41. The van der Waals surface area contributed by atoms with E-state index >= 15 is 0 Å². The SMILES string of the molecule is Fc1cc(C(F)F)c(Br)cc1COc1cc2c(cn1)C1CC1C2. The number of fused-ring (bicyclic) bond motifs is 3. The van der Waals surface area contributed by atoms with Crippen molar-refractivity contribution in [2.45, 2.75) is 31.8 Å². The first-order valence-electron chi connectivity index (χ1n) is 7.40. The molecule has 2 aliphatic carbocycles. The van der Waals surface area contributed by atoms with E-state index in [4.69, 9.17) is 4.74 Å². The minimum absolute atomic E-state index is 0.0490. The van der Waals surface area contributed by atoms with Crippen LogP contribution in [-0.2, 0) is 13.0 Å². The molecule has 0 radical (unpaired) electrons. The molecule has 1 aromatic heterocycles. The van der Waals surface area contributed by atoms with Crippen LogP contribution in [0.1, 0.15) is 41.0 Å². The van der Waals surface area contributed by atoms with Gasteiger partial charge in [0.15, 0.2) is 0 Å². The highest BCUT2D eigenvalue weighted by molar-refractivity contribution is 9.10. The van der Waals surface area contributed by atoms with Crippen LogP contribution >= 0.6 is 15.9 Å². The van der Waals surface area contributed by atoms with E-state index in [2.05, 4.69) is 20.9 Å². The lowest BCUT2D eigenvalue weighted by molar-refractivity contribution is 0.150. The van der Waals surface area contributed by atoms with E-state index in [0.29, 0.717) is 11.8 Å². The fraction of sp³-hybridized carbons (Fsp3) is 0.353. The second-order valence-electron chi connectivity index (χ2n) is 6.08. The normalized spacial score (nSPS) is 21.3. The summed E-state index contributed by atoms with van der Waals surface area (Å²) >= 11 is 3.04. The summed E-state index contributed by atoms with van der Waals surface area (Å²) < 4.78 is 45.1. The molecule has 2 aliphatic rings. The Morgan fingerprint density at radius 2 is 2.13 bits per heavy atom. The molecule has 2 nitrogen and oxygen atoms in total. The number of aromatic nitrogens is 1. The molecule has 0 spiro atoms. The van der Waals surface area contributed by atoms with Crippen LogP contribution in [0.5, 0.6) is 5.88 Å². The van der Waals surface area contributed by atoms with Gasteiger partial charge in [0, 0.05) is 27.9 Å². The molecule has 4 rings (SSSR count). The van der Waals surface area contributed by atoms with Crippen molar-refractivity contribution in [1.82, 2.24) is 4.98 Å². The summed E-state index contributed by atoms with van der Waals surface area (Å²) in [5.74, 6) is 1.17. The van der Waals surface area contributed by atoms with Crippen molar-refractivity contribution < 1.29 is 17.9 Å². The van der Waals surface area contributed by atoms with E-state index in [1.54, 1.807) is 0 Å². The van der Waals surface area contributed by atoms with Gasteiger partial charge in [-0.2, -0.15) is 0 Å². The average Bonchev–Trinajstić information content (AvgIpc) is 3.19. The van der Waals surface area contributed by atoms with Crippen LogP contribution in [-0.4, -0.2) is 4.98 Å². The number of alkyl halides is 2. The first-order chi connectivity index (χ1) is 11.0. The summed E-state index contributed by atoms with van der Waals surface area (Å²) in [7, 11) is 0. The number of rotatable bonds is 4. The summed E-state index contributed by atoms with van der Waals surface area (Å²) in [6.45, 7) is -0.0490. The van der Waals surface area contributed by atoms with Crippen LogP contribution in [0, 0.1) is 11.7 Å². The smallest absolute Gasteiger partial charge is 0.265 e. The summed E-state index contributed by atoms with van der Waals surface area (Å²) in [4.78, 5) is 4.26. The number of ether oxygens (including phenoxy) is 1. The summed E-state index contributed by atoms with van der Waals surface area (Å²) in [6, 6.07) is 4.08. The van der Waals surface area contributed by atoms with Crippen molar-refractivity contribution >= 4 is 15.9 Å². The first-order valence-corrected chi connectivity index (χ1v) is 8.20. The van der Waals surface area contributed by atoms with Gasteiger partial charge in [0.25, 0.3) is 6.43 Å². The van der Waals surface area contributed by atoms with Crippen LogP contribution in [0.2, 0.25) is 0 Å². The highest BCUT2D eigenvalue weighted by Gasteiger charge is 2.45. The molecule has 1 aromatic carbocycles. The van der Waals surface area contributed by atoms with Gasteiger partial charge >= 0.3 is 0 Å². The lowest BCUT2D eigenvalue weighted by Crippen LogP contribution is -2.02. The molecular weight excluding hydrogens is 371 g/mol. The number of halogens is 4. The van der Waals surface area contributed by atoms with E-state index in [1.165, 1.54) is 23.6 Å². The average molecular weight is 384 g/mol. The van der Waals surface area contributed by atoms with Gasteiger partial charge in [-0.25, -0.2) is 18.2 Å². The zero-order valence-corrected chi connectivity index (χ0v) is 13.6. The van der Waals surface area contributed by atoms with Gasteiger partial charge in [-0.3, -0.25) is 0 Å². The number of pyridine rings is 1. The van der Waals surface area contributed by atoms with Gasteiger partial charge in [-0.15, -0.1) is 0 Å². The zero-order valence-electron chi connectivity index (χ0n) is 12.0. The van der Waals surface area contributed by atoms with Crippen molar-refractivity contribution in [2.75, 3.05) is 0 Å². The topological polar surface area (TPSA) is 22.1 Å². The Hall–Kier alpha value is -1.56. The van der Waals surface area contributed by atoms with Gasteiger partial charge in [0.2, 0.25) is 5.88 Å². The molecule has 1 fully saturated rings. The molecule has 120 valence electrons. The number of hydrogen-bond acceptors (Lipinski definition) is 2. The lowest BCUT2D eigenvalue weighted by atomic mass is 10.1. The monoisotopic (exact) mass is 383 g/mol. The van der Waals surface area contributed by atoms with E-state index in [-0.39, 0.29) is 22.2 Å². The lowest BCUT2D eigenvalue weighted by Gasteiger charge is -2.11. The van der Waals surface area contributed by atoms with Crippen molar-refractivity contribution in [3.05, 3.63) is 56.9 Å². The Bertz CT molecular complexity index is 781. The second-order valence-corrected chi connectivity index (χ2v) is 6.94. The maximum Gasteiger partial charge on any atom is 0.265 e. The quantitative estimate of drug-likeness (QED) is 0.727. The third-order valence-electron chi connectivity index (χ3n) is 4.58. The summed E-state index contributed by atoms with van der Waals surface area (Å²) in [5, 5.41) is 0. The Morgan fingerprint density at radius 3 is 2.91 bits per heavy atom. The van der Waals surface area contributed by atoms with Crippen LogP contribution in [0.15, 0.2) is 28.9 Å². The Kier molecular flexibility index (Phi) is 3.59. The zero-order chi connectivity index (χ0) is 16.1. The first kappa shape index (κ1) is 15.0. The largest absolute Gasteiger partial charge is 0.473 e. The van der Waals surface area contributed by atoms with Gasteiger partial charge in [0.05, 0.1) is 0 Å². The number of benzene rings is 1. The predicted octanol–water partition coefficient (Wildman–Crippen LogP) is 5.16. The minimum Gasteiger partial charge on any atom is -0.473 e. The second kappa shape index (κ2) is 5.51. The van der Waals surface area contributed by atoms with Crippen LogP contribution in [0.3, 0.4) is 0 Å². The van der Waals surface area contributed by atoms with Gasteiger partial charge in [0.1, 0.15) is 12.4 Å². The van der Waals surface area contributed by atoms with Gasteiger partial charge in [-0.05, 0) is 47.9 Å². The van der Waals surface area contributed by atoms with E-state index < -0.39 is 12.2 Å². The Labute approximate surface area is 139 Å². The third-order valence-corrected chi connectivity index (χ3v) is 5.27. The summed E-state index contributed by atoms with van der Waals surface area (Å²) in [6.07, 6.45) is 1.43. The molecule has 23 heavy (non-hydrogen) atoms. The fourth-order valence-corrected chi connectivity index (χ4v) is 3.81. The van der Waals surface area contributed by atoms with Crippen molar-refractivity contribution in [2.24, 2.45) is 5.92 Å². The van der Waals surface area contributed by atoms with Gasteiger partial charge < -0.3 is 4.74 Å². The standard InChI is InChI=1S/C17H13BrF3NO/c18-14-3-10(15(19)5-12(14)17(20)21)7-23-16-4-9-1-8-2-11(8)13(9)6-22-16/h3-6,8,11,17H,1-2,7H2. The highest BCUT2D eigenvalue weighted by Crippen LogP contribution is 2.56. The van der Waals surface area contributed by atoms with Gasteiger partial charge in [-0.1, -0.05) is 15.9 Å². The molecule has 0 aliphatic heterocycles. The Balaban J connectivity index is 1.50. The van der Waals surface area contributed by atoms with E-state index in [1.807, 2.05) is 12.3 Å². The molecule has 6 heteroatoms. The molecule has 1 heterocycles.